The first-order valence-corrected chi connectivity index (χ1v) is 9.13. The first-order chi connectivity index (χ1) is 12.8. The Bertz CT molecular complexity index is 731. The van der Waals surface area contributed by atoms with Crippen molar-refractivity contribution in [3.05, 3.63) is 23.0 Å². The molecule has 1 aromatic rings. The van der Waals surface area contributed by atoms with Crippen LogP contribution in [0.3, 0.4) is 0 Å². The number of aromatic amines is 1. The Balaban J connectivity index is 1.71. The number of nitrogens with zero attached hydrogens (tertiary/aromatic N) is 3. The molecule has 0 bridgehead atoms. The van der Waals surface area contributed by atoms with Gasteiger partial charge in [-0.1, -0.05) is 0 Å². The summed E-state index contributed by atoms with van der Waals surface area (Å²) in [6.45, 7) is 6.87. The molecule has 9 heteroatoms. The van der Waals surface area contributed by atoms with Crippen LogP contribution < -0.4 is 5.32 Å². The van der Waals surface area contributed by atoms with E-state index in [1.807, 2.05) is 27.0 Å². The lowest BCUT2D eigenvalue weighted by atomic mass is 10.2. The molecule has 0 aliphatic carbocycles. The van der Waals surface area contributed by atoms with Gasteiger partial charge < -0.3 is 24.4 Å². The summed E-state index contributed by atoms with van der Waals surface area (Å²) in [6.07, 6.45) is -0.0814. The number of imide groups is 1. The first kappa shape index (κ1) is 19.4. The van der Waals surface area contributed by atoms with Gasteiger partial charge >= 0.3 is 6.03 Å². The van der Waals surface area contributed by atoms with Gasteiger partial charge in [0.2, 0.25) is 11.8 Å². The van der Waals surface area contributed by atoms with Gasteiger partial charge in [0.25, 0.3) is 0 Å². The number of morpholine rings is 1. The van der Waals surface area contributed by atoms with Crippen molar-refractivity contribution in [2.75, 3.05) is 46.4 Å². The van der Waals surface area contributed by atoms with E-state index < -0.39 is 6.03 Å². The molecule has 3 heterocycles. The zero-order valence-corrected chi connectivity index (χ0v) is 16.1. The normalized spacial score (nSPS) is 20.9. The van der Waals surface area contributed by atoms with Crippen LogP contribution in [0.5, 0.6) is 0 Å². The maximum Gasteiger partial charge on any atom is 0.325 e. The minimum Gasteiger partial charge on any atom is -0.374 e. The van der Waals surface area contributed by atoms with E-state index in [-0.39, 0.29) is 31.0 Å². The van der Waals surface area contributed by atoms with E-state index in [1.165, 1.54) is 4.90 Å². The monoisotopic (exact) mass is 377 g/mol. The molecule has 2 aliphatic rings. The number of hydrogen-bond donors (Lipinski definition) is 2. The highest BCUT2D eigenvalue weighted by atomic mass is 16.5. The highest BCUT2D eigenvalue weighted by Crippen LogP contribution is 2.15. The van der Waals surface area contributed by atoms with Gasteiger partial charge in [0.15, 0.2) is 0 Å². The molecule has 148 valence electrons. The lowest BCUT2D eigenvalue weighted by Gasteiger charge is -2.34. The summed E-state index contributed by atoms with van der Waals surface area (Å²) in [4.78, 5) is 44.5. The molecule has 2 fully saturated rings. The zero-order chi connectivity index (χ0) is 19.6. The number of carbonyl (C=O) groups excluding carboxylic acids is 3. The third-order valence-electron chi connectivity index (χ3n) is 4.93. The fraction of sp³-hybridized carbons (Fsp3) is 0.611. The number of carbonyl (C=O) groups is 3. The van der Waals surface area contributed by atoms with E-state index in [1.54, 1.807) is 4.90 Å². The van der Waals surface area contributed by atoms with Crippen molar-refractivity contribution in [2.45, 2.75) is 26.5 Å². The van der Waals surface area contributed by atoms with E-state index >= 15 is 0 Å². The zero-order valence-electron chi connectivity index (χ0n) is 16.1. The molecule has 0 radical (unpaired) electrons. The van der Waals surface area contributed by atoms with E-state index in [0.717, 1.165) is 30.0 Å². The van der Waals surface area contributed by atoms with Crippen LogP contribution in [0.2, 0.25) is 0 Å². The summed E-state index contributed by atoms with van der Waals surface area (Å²) in [5.41, 5.74) is 3.08. The number of hydrogen-bond acceptors (Lipinski definition) is 5. The average Bonchev–Trinajstić information content (AvgIpc) is 3.07. The molecule has 0 spiro atoms. The maximum atomic E-state index is 12.9. The second kappa shape index (κ2) is 8.10. The third-order valence-corrected chi connectivity index (χ3v) is 4.93. The number of ether oxygens (including phenoxy) is 1. The summed E-state index contributed by atoms with van der Waals surface area (Å²) in [5, 5.41) is 2.20. The molecule has 1 unspecified atom stereocenters. The Labute approximate surface area is 158 Å². The van der Waals surface area contributed by atoms with Crippen LogP contribution in [-0.2, 0) is 20.9 Å². The average molecular weight is 377 g/mol. The molecular formula is C18H27N5O4. The fourth-order valence-electron chi connectivity index (χ4n) is 3.50. The molecule has 1 atom stereocenters. The predicted molar refractivity (Wildman–Crippen MR) is 98.0 cm³/mol. The van der Waals surface area contributed by atoms with Crippen LogP contribution in [0.25, 0.3) is 0 Å². The summed E-state index contributed by atoms with van der Waals surface area (Å²) in [6, 6.07) is 1.51. The molecule has 1 aromatic heterocycles. The predicted octanol–water partition coefficient (Wildman–Crippen LogP) is -0.157. The van der Waals surface area contributed by atoms with Gasteiger partial charge in [0.1, 0.15) is 13.1 Å². The second-order valence-corrected chi connectivity index (χ2v) is 7.34. The topological polar surface area (TPSA) is 98.0 Å². The van der Waals surface area contributed by atoms with Crippen LogP contribution in [0.15, 0.2) is 6.07 Å². The first-order valence-electron chi connectivity index (χ1n) is 9.13. The second-order valence-electron chi connectivity index (χ2n) is 7.34. The quantitative estimate of drug-likeness (QED) is 0.672. The van der Waals surface area contributed by atoms with Gasteiger partial charge in [-0.3, -0.25) is 14.9 Å². The summed E-state index contributed by atoms with van der Waals surface area (Å²) in [7, 11) is 2.03. The summed E-state index contributed by atoms with van der Waals surface area (Å²) < 4.78 is 5.82. The molecular weight excluding hydrogens is 350 g/mol. The van der Waals surface area contributed by atoms with Gasteiger partial charge in [-0.05, 0) is 32.5 Å². The van der Waals surface area contributed by atoms with Crippen molar-refractivity contribution < 1.29 is 19.1 Å². The minimum absolute atomic E-state index is 0.0800. The summed E-state index contributed by atoms with van der Waals surface area (Å²) in [5.74, 6) is -0.580. The van der Waals surface area contributed by atoms with Crippen LogP contribution in [0, 0.1) is 13.8 Å². The van der Waals surface area contributed by atoms with Crippen molar-refractivity contribution in [2.24, 2.45) is 0 Å². The van der Waals surface area contributed by atoms with Gasteiger partial charge in [-0.2, -0.15) is 0 Å². The number of rotatable bonds is 6. The van der Waals surface area contributed by atoms with Crippen LogP contribution >= 0.6 is 0 Å². The van der Waals surface area contributed by atoms with Crippen molar-refractivity contribution in [1.82, 2.24) is 25.0 Å². The standard InChI is InChI=1S/C18H27N5O4/c1-12-6-14(13(2)19-12)7-22(9-15-8-21(3)4-5-27-15)17(25)11-23-10-16(24)20-18(23)26/h6,15,19H,4-5,7-11H2,1-3H3,(H,20,24,26). The largest absolute Gasteiger partial charge is 0.374 e. The van der Waals surface area contributed by atoms with Crippen LogP contribution in [0.4, 0.5) is 4.79 Å². The number of H-pyrrole nitrogens is 1. The molecule has 2 saturated heterocycles. The Hall–Kier alpha value is -2.39. The molecule has 0 aromatic carbocycles. The molecule has 9 nitrogen and oxygen atoms in total. The Morgan fingerprint density at radius 1 is 1.37 bits per heavy atom. The molecule has 27 heavy (non-hydrogen) atoms. The maximum absolute atomic E-state index is 12.9. The molecule has 3 rings (SSSR count). The van der Waals surface area contributed by atoms with Crippen molar-refractivity contribution in [1.29, 1.82) is 0 Å². The SMILES string of the molecule is Cc1cc(CN(CC2CN(C)CCO2)C(=O)CN2CC(=O)NC2=O)c(C)[nH]1. The van der Waals surface area contributed by atoms with Crippen LogP contribution in [-0.4, -0.2) is 90.0 Å². The van der Waals surface area contributed by atoms with Gasteiger partial charge in [-0.25, -0.2) is 4.79 Å². The smallest absolute Gasteiger partial charge is 0.325 e. The molecule has 2 aliphatic heterocycles. The van der Waals surface area contributed by atoms with E-state index in [4.69, 9.17) is 4.74 Å². The Morgan fingerprint density at radius 3 is 2.74 bits per heavy atom. The van der Waals surface area contributed by atoms with Crippen molar-refractivity contribution in [3.8, 4) is 0 Å². The Kier molecular flexibility index (Phi) is 5.81. The van der Waals surface area contributed by atoms with E-state index in [0.29, 0.717) is 19.7 Å². The Morgan fingerprint density at radius 2 is 2.15 bits per heavy atom. The van der Waals surface area contributed by atoms with Gasteiger partial charge in [0.05, 0.1) is 12.7 Å². The number of aromatic nitrogens is 1. The highest BCUT2D eigenvalue weighted by molar-refractivity contribution is 6.03. The fourth-order valence-corrected chi connectivity index (χ4v) is 3.50. The number of nitrogens with one attached hydrogen (secondary N) is 2. The van der Waals surface area contributed by atoms with Crippen molar-refractivity contribution >= 4 is 17.8 Å². The molecule has 2 N–H and O–H groups in total. The number of likely N-dealkylation sites (N-methyl/N-ethyl adjacent to an activating group) is 1. The van der Waals surface area contributed by atoms with Gasteiger partial charge in [-0.15, -0.1) is 0 Å². The number of aryl methyl sites for hydroxylation is 2. The van der Waals surface area contributed by atoms with Crippen molar-refractivity contribution in [3.63, 3.8) is 0 Å². The van der Waals surface area contributed by atoms with Crippen LogP contribution in [0.1, 0.15) is 17.0 Å². The summed E-state index contributed by atoms with van der Waals surface area (Å²) >= 11 is 0. The number of amides is 4. The van der Waals surface area contributed by atoms with E-state index in [2.05, 4.69) is 15.2 Å². The number of urea groups is 1. The molecule has 0 saturated carbocycles. The molecule has 4 amide bonds. The van der Waals surface area contributed by atoms with E-state index in [9.17, 15) is 14.4 Å². The third kappa shape index (κ3) is 4.86. The minimum atomic E-state index is -0.518. The van der Waals surface area contributed by atoms with Gasteiger partial charge in [0, 0.05) is 37.6 Å². The highest BCUT2D eigenvalue weighted by Gasteiger charge is 2.31. The lowest BCUT2D eigenvalue weighted by molar-refractivity contribution is -0.135. The lowest BCUT2D eigenvalue weighted by Crippen LogP contribution is -2.49.